The summed E-state index contributed by atoms with van der Waals surface area (Å²) in [6.45, 7) is 2.70. The molecule has 22 heavy (non-hydrogen) atoms. The summed E-state index contributed by atoms with van der Waals surface area (Å²) in [5.74, 6) is -1.83. The number of hydrogen-bond donors (Lipinski definition) is 1. The van der Waals surface area contributed by atoms with E-state index in [0.29, 0.717) is 17.4 Å². The summed E-state index contributed by atoms with van der Waals surface area (Å²) in [5, 5.41) is 0.507. The second kappa shape index (κ2) is 5.79. The van der Waals surface area contributed by atoms with Crippen LogP contribution in [0.1, 0.15) is 25.0 Å². The zero-order valence-electron chi connectivity index (χ0n) is 11.8. The Kier molecular flexibility index (Phi) is 3.99. The number of aromatic amines is 1. The lowest BCUT2D eigenvalue weighted by molar-refractivity contribution is -0.275. The molecule has 0 spiro atoms. The zero-order chi connectivity index (χ0) is 15.7. The first-order valence-corrected chi connectivity index (χ1v) is 7.20. The van der Waals surface area contributed by atoms with Crippen molar-refractivity contribution < 1.29 is 22.3 Å². The topological polar surface area (TPSA) is 28.3 Å². The van der Waals surface area contributed by atoms with Crippen LogP contribution >= 0.6 is 0 Å². The van der Waals surface area contributed by atoms with Crippen molar-refractivity contribution in [2.24, 2.45) is 0 Å². The van der Waals surface area contributed by atoms with Gasteiger partial charge in [-0.2, -0.15) is 0 Å². The van der Waals surface area contributed by atoms with Crippen molar-refractivity contribution in [2.75, 3.05) is 13.1 Å². The minimum atomic E-state index is -4.90. The number of ether oxygens (including phenoxy) is 1. The summed E-state index contributed by atoms with van der Waals surface area (Å²) in [6, 6.07) is 3.86. The van der Waals surface area contributed by atoms with Crippen LogP contribution in [0.25, 0.3) is 10.9 Å². The molecule has 2 aromatic rings. The fourth-order valence-electron chi connectivity index (χ4n) is 2.84. The van der Waals surface area contributed by atoms with E-state index in [1.54, 1.807) is 6.07 Å². The third kappa shape index (κ3) is 3.52. The van der Waals surface area contributed by atoms with Gasteiger partial charge in [-0.05, 0) is 38.1 Å². The third-order valence-electron chi connectivity index (χ3n) is 3.80. The Bertz CT molecular complexity index is 659. The van der Waals surface area contributed by atoms with Crippen molar-refractivity contribution >= 4 is 10.9 Å². The monoisotopic (exact) mass is 316 g/mol. The average Bonchev–Trinajstić information content (AvgIpc) is 2.80. The number of rotatable bonds is 3. The highest BCUT2D eigenvalue weighted by Crippen LogP contribution is 2.30. The molecule has 0 bridgehead atoms. The van der Waals surface area contributed by atoms with Crippen molar-refractivity contribution in [3.63, 3.8) is 0 Å². The summed E-state index contributed by atoms with van der Waals surface area (Å²) in [4.78, 5) is 5.33. The van der Waals surface area contributed by atoms with Crippen molar-refractivity contribution in [2.45, 2.75) is 32.2 Å². The van der Waals surface area contributed by atoms with Gasteiger partial charge in [-0.1, -0.05) is 6.42 Å². The Morgan fingerprint density at radius 1 is 1.09 bits per heavy atom. The summed E-state index contributed by atoms with van der Waals surface area (Å²) in [6.07, 6.45) is -1.37. The van der Waals surface area contributed by atoms with Gasteiger partial charge in [-0.15, -0.1) is 13.2 Å². The standard InChI is InChI=1S/C15H16F4N2O/c16-12-8-13-10(7-14(12)22-15(17,18)19)6-11(20-13)9-21-4-2-1-3-5-21/h6-8,20H,1-5,9H2. The molecule has 120 valence electrons. The maximum Gasteiger partial charge on any atom is 0.573 e. The van der Waals surface area contributed by atoms with Crippen molar-refractivity contribution in [1.82, 2.24) is 9.88 Å². The van der Waals surface area contributed by atoms with Gasteiger partial charge in [0, 0.05) is 29.2 Å². The Labute approximate surface area is 124 Å². The van der Waals surface area contributed by atoms with Gasteiger partial charge in [0.05, 0.1) is 0 Å². The van der Waals surface area contributed by atoms with E-state index in [1.807, 2.05) is 0 Å². The zero-order valence-corrected chi connectivity index (χ0v) is 11.8. The highest BCUT2D eigenvalue weighted by Gasteiger charge is 2.32. The summed E-state index contributed by atoms with van der Waals surface area (Å²) < 4.78 is 54.1. The van der Waals surface area contributed by atoms with Crippen LogP contribution in [-0.2, 0) is 6.54 Å². The minimum absolute atomic E-state index is 0.471. The highest BCUT2D eigenvalue weighted by atomic mass is 19.4. The molecular weight excluding hydrogens is 300 g/mol. The largest absolute Gasteiger partial charge is 0.573 e. The fraction of sp³-hybridized carbons (Fsp3) is 0.467. The smallest absolute Gasteiger partial charge is 0.403 e. The van der Waals surface area contributed by atoms with Crippen molar-refractivity contribution in [3.8, 4) is 5.75 Å². The number of alkyl halides is 3. The quantitative estimate of drug-likeness (QED) is 0.860. The lowest BCUT2D eigenvalue weighted by Crippen LogP contribution is -2.29. The molecule has 1 aromatic heterocycles. The molecule has 1 aromatic carbocycles. The van der Waals surface area contributed by atoms with Gasteiger partial charge in [0.25, 0.3) is 0 Å². The van der Waals surface area contributed by atoms with Gasteiger partial charge >= 0.3 is 6.36 Å². The highest BCUT2D eigenvalue weighted by molar-refractivity contribution is 5.82. The molecular formula is C15H16F4N2O. The van der Waals surface area contributed by atoms with Crippen molar-refractivity contribution in [3.05, 3.63) is 29.7 Å². The van der Waals surface area contributed by atoms with Crippen LogP contribution in [0.3, 0.4) is 0 Å². The lowest BCUT2D eigenvalue weighted by Gasteiger charge is -2.25. The average molecular weight is 316 g/mol. The molecule has 1 aliphatic heterocycles. The lowest BCUT2D eigenvalue weighted by atomic mass is 10.1. The van der Waals surface area contributed by atoms with Crippen LogP contribution in [0.15, 0.2) is 18.2 Å². The molecule has 0 aliphatic carbocycles. The molecule has 3 rings (SSSR count). The molecule has 0 atom stereocenters. The normalized spacial score (nSPS) is 17.1. The Balaban J connectivity index is 1.83. The van der Waals surface area contributed by atoms with Gasteiger partial charge in [0.15, 0.2) is 11.6 Å². The number of likely N-dealkylation sites (tertiary alicyclic amines) is 1. The first-order valence-electron chi connectivity index (χ1n) is 7.20. The van der Waals surface area contributed by atoms with Crippen LogP contribution in [0.2, 0.25) is 0 Å². The number of nitrogens with one attached hydrogen (secondary N) is 1. The molecule has 0 radical (unpaired) electrons. The number of hydrogen-bond acceptors (Lipinski definition) is 2. The number of nitrogens with zero attached hydrogens (tertiary/aromatic N) is 1. The summed E-state index contributed by atoms with van der Waals surface area (Å²) in [5.41, 5.74) is 1.33. The summed E-state index contributed by atoms with van der Waals surface area (Å²) in [7, 11) is 0. The number of fused-ring (bicyclic) bond motifs is 1. The van der Waals surface area contributed by atoms with Crippen LogP contribution in [0, 0.1) is 5.82 Å². The van der Waals surface area contributed by atoms with Crippen LogP contribution in [-0.4, -0.2) is 29.3 Å². The number of piperidine rings is 1. The minimum Gasteiger partial charge on any atom is -0.403 e. The maximum absolute atomic E-state index is 13.7. The first-order chi connectivity index (χ1) is 10.4. The number of benzene rings is 1. The van der Waals surface area contributed by atoms with E-state index >= 15 is 0 Å². The number of H-pyrrole nitrogens is 1. The third-order valence-corrected chi connectivity index (χ3v) is 3.80. The molecule has 7 heteroatoms. The second-order valence-corrected chi connectivity index (χ2v) is 5.55. The van der Waals surface area contributed by atoms with E-state index in [0.717, 1.165) is 43.8 Å². The van der Waals surface area contributed by atoms with Crippen LogP contribution in [0.5, 0.6) is 5.75 Å². The molecule has 1 aliphatic rings. The van der Waals surface area contributed by atoms with Gasteiger partial charge in [-0.25, -0.2) is 4.39 Å². The molecule has 0 amide bonds. The van der Waals surface area contributed by atoms with E-state index in [4.69, 9.17) is 0 Å². The number of aromatic nitrogens is 1. The maximum atomic E-state index is 13.7. The van der Waals surface area contributed by atoms with Gasteiger partial charge in [-0.3, -0.25) is 4.90 Å². The Hall–Kier alpha value is -1.76. The molecule has 1 saturated heterocycles. The van der Waals surface area contributed by atoms with Crippen LogP contribution in [0.4, 0.5) is 17.6 Å². The van der Waals surface area contributed by atoms with Gasteiger partial charge in [0.1, 0.15) is 0 Å². The van der Waals surface area contributed by atoms with Crippen LogP contribution < -0.4 is 4.74 Å². The molecule has 0 saturated carbocycles. The van der Waals surface area contributed by atoms with Gasteiger partial charge < -0.3 is 9.72 Å². The van der Waals surface area contributed by atoms with Crippen molar-refractivity contribution in [1.29, 1.82) is 0 Å². The van der Waals surface area contributed by atoms with E-state index in [1.165, 1.54) is 6.42 Å². The Morgan fingerprint density at radius 2 is 1.82 bits per heavy atom. The van der Waals surface area contributed by atoms with Gasteiger partial charge in [0.2, 0.25) is 0 Å². The molecule has 3 nitrogen and oxygen atoms in total. The molecule has 1 N–H and O–H groups in total. The van der Waals surface area contributed by atoms with E-state index < -0.39 is 17.9 Å². The van der Waals surface area contributed by atoms with E-state index in [9.17, 15) is 17.6 Å². The van der Waals surface area contributed by atoms with E-state index in [-0.39, 0.29) is 0 Å². The SMILES string of the molecule is Fc1cc2[nH]c(CN3CCCCC3)cc2cc1OC(F)(F)F. The predicted octanol–water partition coefficient (Wildman–Crippen LogP) is 4.19. The first kappa shape index (κ1) is 15.1. The predicted molar refractivity (Wildman–Crippen MR) is 74.1 cm³/mol. The fourth-order valence-corrected chi connectivity index (χ4v) is 2.84. The molecule has 1 fully saturated rings. The second-order valence-electron chi connectivity index (χ2n) is 5.55. The Morgan fingerprint density at radius 3 is 2.50 bits per heavy atom. The summed E-state index contributed by atoms with van der Waals surface area (Å²) >= 11 is 0. The molecule has 2 heterocycles. The molecule has 0 unspecified atom stereocenters. The van der Waals surface area contributed by atoms with E-state index in [2.05, 4.69) is 14.6 Å². The number of halogens is 4.